The maximum atomic E-state index is 12.9. The Morgan fingerprint density at radius 2 is 1.64 bits per heavy atom. The zero-order valence-electron chi connectivity index (χ0n) is 10.8. The lowest BCUT2D eigenvalue weighted by Gasteiger charge is -2.32. The Morgan fingerprint density at radius 1 is 1.09 bits per heavy atom. The predicted octanol–water partition coefficient (Wildman–Crippen LogP) is 1.91. The van der Waals surface area contributed by atoms with Gasteiger partial charge in [0.05, 0.1) is 26.4 Å². The highest BCUT2D eigenvalue weighted by Crippen LogP contribution is 2.48. The van der Waals surface area contributed by atoms with E-state index in [-0.39, 0.29) is 12.7 Å². The van der Waals surface area contributed by atoms with E-state index < -0.39 is 43.7 Å². The molecule has 0 saturated carbocycles. The van der Waals surface area contributed by atoms with Crippen molar-refractivity contribution in [3.63, 3.8) is 0 Å². The van der Waals surface area contributed by atoms with Crippen LogP contribution in [0.2, 0.25) is 0 Å². The summed E-state index contributed by atoms with van der Waals surface area (Å²) in [5, 5.41) is 9.12. The number of aliphatic hydroxyl groups excluding tert-OH is 1. The van der Waals surface area contributed by atoms with Gasteiger partial charge in [0.15, 0.2) is 0 Å². The Morgan fingerprint density at radius 3 is 2.09 bits per heavy atom. The van der Waals surface area contributed by atoms with Gasteiger partial charge in [0, 0.05) is 0 Å². The first-order chi connectivity index (χ1) is 9.92. The van der Waals surface area contributed by atoms with Gasteiger partial charge in [0.2, 0.25) is 0 Å². The third kappa shape index (κ3) is 4.40. The molecule has 1 fully saturated rings. The normalized spacial score (nSPS) is 21.3. The van der Waals surface area contributed by atoms with E-state index >= 15 is 0 Å². The van der Waals surface area contributed by atoms with Crippen molar-refractivity contribution in [2.24, 2.45) is 0 Å². The van der Waals surface area contributed by atoms with Gasteiger partial charge in [-0.2, -0.15) is 26.3 Å². The molecule has 1 aliphatic heterocycles. The molecule has 1 heterocycles. The van der Waals surface area contributed by atoms with Crippen molar-refractivity contribution >= 4 is 0 Å². The van der Waals surface area contributed by atoms with Gasteiger partial charge in [-0.1, -0.05) is 0 Å². The number of hydrogen-bond donors (Lipinski definition) is 1. The van der Waals surface area contributed by atoms with Crippen LogP contribution < -0.4 is 0 Å². The number of ether oxygens (including phenoxy) is 3. The second-order valence-electron chi connectivity index (χ2n) is 4.47. The van der Waals surface area contributed by atoms with E-state index in [2.05, 4.69) is 4.74 Å². The van der Waals surface area contributed by atoms with Crippen LogP contribution in [0.5, 0.6) is 0 Å². The van der Waals surface area contributed by atoms with Gasteiger partial charge in [-0.3, -0.25) is 0 Å². The number of epoxide rings is 1. The van der Waals surface area contributed by atoms with Crippen LogP contribution in [0.4, 0.5) is 35.1 Å². The SMILES string of the molecule is OC(COCC1CO1)COC(F)(F)C(F)(F)C(F)(F)C(F)F. The standard InChI is InChI=1S/C10H12F8O4/c11-7(12)8(13,14)9(15,16)10(17,18)22-2-5(19)1-20-3-6-4-21-6/h5-7,19H,1-4H2. The molecule has 1 saturated heterocycles. The first kappa shape index (κ1) is 19.3. The number of hydrogen-bond acceptors (Lipinski definition) is 4. The topological polar surface area (TPSA) is 51.2 Å². The molecule has 0 aromatic rings. The molecule has 0 amide bonds. The maximum absolute atomic E-state index is 12.9. The average molecular weight is 348 g/mol. The van der Waals surface area contributed by atoms with Crippen molar-refractivity contribution in [1.29, 1.82) is 0 Å². The molecule has 1 aliphatic rings. The van der Waals surface area contributed by atoms with Crippen LogP contribution in [-0.2, 0) is 14.2 Å². The smallest absolute Gasteiger partial charge is 0.388 e. The van der Waals surface area contributed by atoms with Crippen molar-refractivity contribution in [2.75, 3.05) is 26.4 Å². The summed E-state index contributed by atoms with van der Waals surface area (Å²) in [5.41, 5.74) is 0. The van der Waals surface area contributed by atoms with Crippen LogP contribution in [-0.4, -0.2) is 68.1 Å². The number of aliphatic hydroxyl groups is 1. The first-order valence-electron chi connectivity index (χ1n) is 5.84. The molecule has 132 valence electrons. The Bertz CT molecular complexity index is 361. The zero-order valence-corrected chi connectivity index (χ0v) is 10.8. The molecule has 0 spiro atoms. The van der Waals surface area contributed by atoms with Gasteiger partial charge in [-0.15, -0.1) is 0 Å². The van der Waals surface area contributed by atoms with Crippen molar-refractivity contribution in [3.05, 3.63) is 0 Å². The van der Waals surface area contributed by atoms with Crippen LogP contribution in [0, 0.1) is 0 Å². The van der Waals surface area contributed by atoms with Crippen LogP contribution in [0.15, 0.2) is 0 Å². The zero-order chi connectivity index (χ0) is 17.2. The van der Waals surface area contributed by atoms with Gasteiger partial charge in [-0.25, -0.2) is 8.78 Å². The Kier molecular flexibility index (Phi) is 5.98. The van der Waals surface area contributed by atoms with E-state index in [1.807, 2.05) is 0 Å². The molecule has 0 aromatic carbocycles. The summed E-state index contributed by atoms with van der Waals surface area (Å²) in [6.45, 7) is -1.73. The lowest BCUT2D eigenvalue weighted by Crippen LogP contribution is -2.59. The monoisotopic (exact) mass is 348 g/mol. The van der Waals surface area contributed by atoms with Crippen LogP contribution in [0.1, 0.15) is 0 Å². The number of halogens is 8. The third-order valence-corrected chi connectivity index (χ3v) is 2.53. The van der Waals surface area contributed by atoms with Crippen molar-refractivity contribution in [3.8, 4) is 0 Å². The van der Waals surface area contributed by atoms with Gasteiger partial charge < -0.3 is 19.3 Å². The van der Waals surface area contributed by atoms with Gasteiger partial charge in [0.1, 0.15) is 12.2 Å². The van der Waals surface area contributed by atoms with Crippen molar-refractivity contribution in [2.45, 2.75) is 36.6 Å². The van der Waals surface area contributed by atoms with E-state index in [1.54, 1.807) is 0 Å². The molecular formula is C10H12F8O4. The number of alkyl halides is 8. The van der Waals surface area contributed by atoms with Crippen molar-refractivity contribution in [1.82, 2.24) is 0 Å². The summed E-state index contributed by atoms with van der Waals surface area (Å²) >= 11 is 0. The molecule has 0 aliphatic carbocycles. The van der Waals surface area contributed by atoms with Crippen LogP contribution >= 0.6 is 0 Å². The van der Waals surface area contributed by atoms with E-state index in [4.69, 9.17) is 14.6 Å². The van der Waals surface area contributed by atoms with E-state index in [1.165, 1.54) is 0 Å². The van der Waals surface area contributed by atoms with Crippen LogP contribution in [0.25, 0.3) is 0 Å². The average Bonchev–Trinajstić information content (AvgIpc) is 3.20. The molecule has 0 radical (unpaired) electrons. The molecule has 1 rings (SSSR count). The lowest BCUT2D eigenvalue weighted by molar-refractivity contribution is -0.415. The molecule has 12 heteroatoms. The first-order valence-corrected chi connectivity index (χ1v) is 5.84. The highest BCUT2D eigenvalue weighted by atomic mass is 19.4. The second kappa shape index (κ2) is 6.81. The minimum absolute atomic E-state index is 0.00701. The fourth-order valence-electron chi connectivity index (χ4n) is 1.17. The Balaban J connectivity index is 2.49. The summed E-state index contributed by atoms with van der Waals surface area (Å²) in [5.74, 6) is -12.8. The van der Waals surface area contributed by atoms with Crippen molar-refractivity contribution < 1.29 is 54.4 Å². The summed E-state index contributed by atoms with van der Waals surface area (Å²) in [4.78, 5) is 0. The summed E-state index contributed by atoms with van der Waals surface area (Å²) < 4.78 is 113. The van der Waals surface area contributed by atoms with Crippen LogP contribution in [0.3, 0.4) is 0 Å². The highest BCUT2D eigenvalue weighted by Gasteiger charge is 2.76. The van der Waals surface area contributed by atoms with E-state index in [0.717, 1.165) is 0 Å². The van der Waals surface area contributed by atoms with Gasteiger partial charge in [0.25, 0.3) is 0 Å². The molecular weight excluding hydrogens is 336 g/mol. The Hall–Kier alpha value is -0.720. The van der Waals surface area contributed by atoms with Gasteiger partial charge in [-0.05, 0) is 0 Å². The Labute approximate surface area is 118 Å². The second-order valence-corrected chi connectivity index (χ2v) is 4.47. The minimum atomic E-state index is -6.46. The van der Waals surface area contributed by atoms with E-state index in [9.17, 15) is 35.1 Å². The molecule has 0 aromatic heterocycles. The quantitative estimate of drug-likeness (QED) is 0.484. The molecule has 22 heavy (non-hydrogen) atoms. The molecule has 4 nitrogen and oxygen atoms in total. The summed E-state index contributed by atoms with van der Waals surface area (Å²) in [7, 11) is 0. The fourth-order valence-corrected chi connectivity index (χ4v) is 1.17. The minimum Gasteiger partial charge on any atom is -0.388 e. The third-order valence-electron chi connectivity index (χ3n) is 2.53. The molecule has 2 atom stereocenters. The predicted molar refractivity (Wildman–Crippen MR) is 53.4 cm³/mol. The fraction of sp³-hybridized carbons (Fsp3) is 1.00. The molecule has 0 bridgehead atoms. The summed E-state index contributed by atoms with van der Waals surface area (Å²) in [6.07, 6.45) is -13.0. The maximum Gasteiger partial charge on any atom is 0.426 e. The largest absolute Gasteiger partial charge is 0.426 e. The summed E-state index contributed by atoms with van der Waals surface area (Å²) in [6, 6.07) is 0. The highest BCUT2D eigenvalue weighted by molar-refractivity contribution is 4.93. The van der Waals surface area contributed by atoms with Gasteiger partial charge >= 0.3 is 24.4 Å². The molecule has 1 N–H and O–H groups in total. The lowest BCUT2D eigenvalue weighted by atomic mass is 10.1. The molecule has 2 unspecified atom stereocenters. The number of rotatable bonds is 10. The van der Waals surface area contributed by atoms with E-state index in [0.29, 0.717) is 6.61 Å².